The maximum atomic E-state index is 13.7. The first kappa shape index (κ1) is 18.4. The van der Waals surface area contributed by atoms with Crippen LogP contribution in [0.3, 0.4) is 0 Å². The Kier molecular flexibility index (Phi) is 6.51. The van der Waals surface area contributed by atoms with E-state index in [2.05, 4.69) is 5.32 Å². The molecule has 0 saturated carbocycles. The smallest absolute Gasteiger partial charge is 0.326 e. The third kappa shape index (κ3) is 5.31. The molecule has 6 heteroatoms. The zero-order valence-corrected chi connectivity index (χ0v) is 13.8. The maximum absolute atomic E-state index is 13.7. The summed E-state index contributed by atoms with van der Waals surface area (Å²) in [5.74, 6) is -2.35. The minimum Gasteiger partial charge on any atom is -0.480 e. The number of benzene rings is 2. The van der Waals surface area contributed by atoms with Crippen LogP contribution in [0.15, 0.2) is 54.6 Å². The fourth-order valence-electron chi connectivity index (χ4n) is 2.33. The van der Waals surface area contributed by atoms with E-state index in [9.17, 15) is 19.1 Å². The molecular formula is C19H20FNO4. The zero-order valence-electron chi connectivity index (χ0n) is 13.8. The molecule has 2 atom stereocenters. The van der Waals surface area contributed by atoms with Gasteiger partial charge in [0.2, 0.25) is 0 Å². The van der Waals surface area contributed by atoms with Gasteiger partial charge in [0.1, 0.15) is 6.04 Å². The van der Waals surface area contributed by atoms with Crippen LogP contribution in [0.4, 0.5) is 4.39 Å². The molecule has 0 saturated heterocycles. The summed E-state index contributed by atoms with van der Waals surface area (Å²) in [4.78, 5) is 23.8. The van der Waals surface area contributed by atoms with Crippen LogP contribution < -0.4 is 10.1 Å². The fourth-order valence-corrected chi connectivity index (χ4v) is 2.33. The Morgan fingerprint density at radius 1 is 1.12 bits per heavy atom. The Hall–Kier alpha value is -2.89. The number of nitrogens with one attached hydrogen (secondary N) is 1. The Bertz CT molecular complexity index is 720. The Labute approximate surface area is 145 Å². The molecule has 0 aliphatic carbocycles. The molecule has 0 spiro atoms. The summed E-state index contributed by atoms with van der Waals surface area (Å²) in [5, 5.41) is 11.8. The number of rotatable bonds is 8. The van der Waals surface area contributed by atoms with Crippen LogP contribution in [0.25, 0.3) is 0 Å². The number of carboxylic acids is 1. The number of amides is 1. The van der Waals surface area contributed by atoms with Crippen LogP contribution in [0, 0.1) is 5.82 Å². The molecule has 0 aromatic heterocycles. The summed E-state index contributed by atoms with van der Waals surface area (Å²) in [5.41, 5.74) is 0.790. The van der Waals surface area contributed by atoms with Gasteiger partial charge in [-0.25, -0.2) is 9.18 Å². The molecule has 2 N–H and O–H groups in total. The number of para-hydroxylation sites is 1. The van der Waals surface area contributed by atoms with Crippen molar-refractivity contribution in [1.82, 2.24) is 5.32 Å². The second kappa shape index (κ2) is 8.82. The summed E-state index contributed by atoms with van der Waals surface area (Å²) < 4.78 is 19.1. The van der Waals surface area contributed by atoms with Gasteiger partial charge in [-0.05, 0) is 24.1 Å². The van der Waals surface area contributed by atoms with Gasteiger partial charge in [0.05, 0.1) is 0 Å². The molecule has 0 fully saturated rings. The van der Waals surface area contributed by atoms with Crippen molar-refractivity contribution in [2.45, 2.75) is 31.9 Å². The molecular weight excluding hydrogens is 325 g/mol. The average Bonchev–Trinajstić information content (AvgIpc) is 2.61. The van der Waals surface area contributed by atoms with Gasteiger partial charge < -0.3 is 15.2 Å². The number of ether oxygens (including phenoxy) is 1. The first-order chi connectivity index (χ1) is 12.0. The van der Waals surface area contributed by atoms with Crippen LogP contribution in [0.5, 0.6) is 5.75 Å². The lowest BCUT2D eigenvalue weighted by atomic mass is 10.1. The molecule has 5 nitrogen and oxygen atoms in total. The molecule has 0 aliphatic rings. The summed E-state index contributed by atoms with van der Waals surface area (Å²) >= 11 is 0. The minimum atomic E-state index is -1.14. The Morgan fingerprint density at radius 3 is 2.36 bits per heavy atom. The molecule has 2 rings (SSSR count). The van der Waals surface area contributed by atoms with Crippen molar-refractivity contribution in [2.24, 2.45) is 0 Å². The lowest BCUT2D eigenvalue weighted by Gasteiger charge is -2.21. The van der Waals surface area contributed by atoms with E-state index in [0.29, 0.717) is 0 Å². The highest BCUT2D eigenvalue weighted by atomic mass is 19.1. The highest BCUT2D eigenvalue weighted by Crippen LogP contribution is 2.18. The number of aliphatic carboxylic acids is 1. The minimum absolute atomic E-state index is 0.0422. The highest BCUT2D eigenvalue weighted by Gasteiger charge is 2.26. The lowest BCUT2D eigenvalue weighted by Crippen LogP contribution is -2.48. The van der Waals surface area contributed by atoms with Crippen LogP contribution in [0.1, 0.15) is 18.9 Å². The normalized spacial score (nSPS) is 12.9. The quantitative estimate of drug-likeness (QED) is 0.771. The highest BCUT2D eigenvalue weighted by molar-refractivity contribution is 5.86. The van der Waals surface area contributed by atoms with Gasteiger partial charge in [0.25, 0.3) is 5.91 Å². The summed E-state index contributed by atoms with van der Waals surface area (Å²) in [7, 11) is 0. The number of halogens is 1. The molecule has 0 aliphatic heterocycles. The van der Waals surface area contributed by atoms with Gasteiger partial charge in [0, 0.05) is 6.42 Å². The van der Waals surface area contributed by atoms with Gasteiger partial charge in [-0.2, -0.15) is 0 Å². The number of carboxylic acid groups (broad SMARTS) is 1. The van der Waals surface area contributed by atoms with E-state index in [1.54, 1.807) is 37.3 Å². The second-order valence-corrected chi connectivity index (χ2v) is 5.53. The SMILES string of the molecule is CCC(Oc1ccccc1F)C(=O)NC(Cc1ccccc1)C(=O)O. The van der Waals surface area contributed by atoms with Gasteiger partial charge >= 0.3 is 5.97 Å². The molecule has 1 amide bonds. The molecule has 2 aromatic carbocycles. The van der Waals surface area contributed by atoms with E-state index >= 15 is 0 Å². The van der Waals surface area contributed by atoms with Gasteiger partial charge in [-0.3, -0.25) is 4.79 Å². The van der Waals surface area contributed by atoms with Crippen LogP contribution in [0.2, 0.25) is 0 Å². The van der Waals surface area contributed by atoms with E-state index in [4.69, 9.17) is 4.74 Å². The molecule has 132 valence electrons. The van der Waals surface area contributed by atoms with Crippen molar-refractivity contribution < 1.29 is 23.8 Å². The van der Waals surface area contributed by atoms with Crippen molar-refractivity contribution in [1.29, 1.82) is 0 Å². The van der Waals surface area contributed by atoms with E-state index < -0.39 is 29.8 Å². The zero-order chi connectivity index (χ0) is 18.2. The standard InChI is InChI=1S/C19H20FNO4/c1-2-16(25-17-11-7-6-10-14(17)20)18(22)21-15(19(23)24)12-13-8-4-3-5-9-13/h3-11,15-16H,2,12H2,1H3,(H,21,22)(H,23,24). The Balaban J connectivity index is 2.05. The van der Waals surface area contributed by atoms with E-state index in [-0.39, 0.29) is 18.6 Å². The summed E-state index contributed by atoms with van der Waals surface area (Å²) in [6.45, 7) is 1.71. The van der Waals surface area contributed by atoms with Crippen molar-refractivity contribution in [3.63, 3.8) is 0 Å². The average molecular weight is 345 g/mol. The number of carbonyl (C=O) groups is 2. The van der Waals surface area contributed by atoms with Crippen LogP contribution in [-0.4, -0.2) is 29.1 Å². The van der Waals surface area contributed by atoms with E-state index in [1.807, 2.05) is 6.07 Å². The van der Waals surface area contributed by atoms with E-state index in [1.165, 1.54) is 18.2 Å². The summed E-state index contributed by atoms with van der Waals surface area (Å²) in [6, 6.07) is 13.7. The molecule has 0 heterocycles. The number of hydrogen-bond acceptors (Lipinski definition) is 3. The van der Waals surface area contributed by atoms with Crippen molar-refractivity contribution in [3.8, 4) is 5.75 Å². The fraction of sp³-hybridized carbons (Fsp3) is 0.263. The molecule has 2 unspecified atom stereocenters. The summed E-state index contributed by atoms with van der Waals surface area (Å²) in [6.07, 6.45) is -0.551. The molecule has 2 aromatic rings. The van der Waals surface area contributed by atoms with Gasteiger partial charge in [0.15, 0.2) is 17.7 Å². The van der Waals surface area contributed by atoms with Crippen LogP contribution >= 0.6 is 0 Å². The van der Waals surface area contributed by atoms with Crippen molar-refractivity contribution in [2.75, 3.05) is 0 Å². The topological polar surface area (TPSA) is 75.6 Å². The Morgan fingerprint density at radius 2 is 1.76 bits per heavy atom. The predicted molar refractivity (Wildman–Crippen MR) is 90.8 cm³/mol. The first-order valence-electron chi connectivity index (χ1n) is 7.99. The molecule has 0 radical (unpaired) electrons. The largest absolute Gasteiger partial charge is 0.480 e. The third-order valence-electron chi connectivity index (χ3n) is 3.67. The molecule has 0 bridgehead atoms. The maximum Gasteiger partial charge on any atom is 0.326 e. The predicted octanol–water partition coefficient (Wildman–Crippen LogP) is 2.80. The number of hydrogen-bond donors (Lipinski definition) is 2. The third-order valence-corrected chi connectivity index (χ3v) is 3.67. The molecule has 25 heavy (non-hydrogen) atoms. The first-order valence-corrected chi connectivity index (χ1v) is 7.99. The van der Waals surface area contributed by atoms with E-state index in [0.717, 1.165) is 5.56 Å². The van der Waals surface area contributed by atoms with Crippen LogP contribution in [-0.2, 0) is 16.0 Å². The van der Waals surface area contributed by atoms with Gasteiger partial charge in [-0.15, -0.1) is 0 Å². The monoisotopic (exact) mass is 345 g/mol. The van der Waals surface area contributed by atoms with Crippen molar-refractivity contribution in [3.05, 3.63) is 66.0 Å². The van der Waals surface area contributed by atoms with Gasteiger partial charge in [-0.1, -0.05) is 49.4 Å². The second-order valence-electron chi connectivity index (χ2n) is 5.53. The lowest BCUT2D eigenvalue weighted by molar-refractivity contribution is -0.143. The number of carbonyl (C=O) groups excluding carboxylic acids is 1. The van der Waals surface area contributed by atoms with Crippen molar-refractivity contribution >= 4 is 11.9 Å².